The summed E-state index contributed by atoms with van der Waals surface area (Å²) in [5.41, 5.74) is 2.91. The van der Waals surface area contributed by atoms with Crippen LogP contribution in [0.3, 0.4) is 0 Å². The van der Waals surface area contributed by atoms with Crippen LogP contribution < -0.4 is 0 Å². The van der Waals surface area contributed by atoms with Crippen LogP contribution in [0.2, 0.25) is 0 Å². The second-order valence-corrected chi connectivity index (χ2v) is 4.26. The van der Waals surface area contributed by atoms with Crippen molar-refractivity contribution in [1.82, 2.24) is 19.3 Å². The van der Waals surface area contributed by atoms with E-state index in [4.69, 9.17) is 0 Å². The number of aliphatic hydroxyl groups is 1. The number of carbonyl (C=O) groups is 1. The van der Waals surface area contributed by atoms with E-state index < -0.39 is 0 Å². The molecule has 6 heteroatoms. The molecule has 1 N–H and O–H groups in total. The Balaban J connectivity index is 2.80. The third kappa shape index (κ3) is 1.65. The van der Waals surface area contributed by atoms with E-state index in [0.717, 1.165) is 17.7 Å². The number of imidazole rings is 1. The summed E-state index contributed by atoms with van der Waals surface area (Å²) in [6.07, 6.45) is 0.785. The predicted octanol–water partition coefficient (Wildman–Crippen LogP) is 0.836. The summed E-state index contributed by atoms with van der Waals surface area (Å²) in [4.78, 5) is 15.5. The van der Waals surface area contributed by atoms with Crippen molar-refractivity contribution < 1.29 is 9.90 Å². The van der Waals surface area contributed by atoms with Crippen LogP contribution in [0.5, 0.6) is 0 Å². The Morgan fingerprint density at radius 1 is 1.28 bits per heavy atom. The second-order valence-electron chi connectivity index (χ2n) is 4.26. The van der Waals surface area contributed by atoms with Crippen molar-refractivity contribution in [3.8, 4) is 5.82 Å². The van der Waals surface area contributed by atoms with Gasteiger partial charge in [0, 0.05) is 12.7 Å². The number of rotatable bonds is 3. The Kier molecular flexibility index (Phi) is 3.04. The Hall–Kier alpha value is -1.95. The van der Waals surface area contributed by atoms with Crippen molar-refractivity contribution in [3.63, 3.8) is 0 Å². The van der Waals surface area contributed by atoms with E-state index in [1.165, 1.54) is 0 Å². The first-order valence-corrected chi connectivity index (χ1v) is 5.66. The zero-order valence-electron chi connectivity index (χ0n) is 10.9. The molecule has 96 valence electrons. The second kappa shape index (κ2) is 4.38. The number of aromatic nitrogens is 4. The van der Waals surface area contributed by atoms with Crippen LogP contribution in [0.15, 0.2) is 0 Å². The molecule has 0 aliphatic rings. The summed E-state index contributed by atoms with van der Waals surface area (Å²) >= 11 is 0. The molecule has 0 saturated heterocycles. The molecule has 0 atom stereocenters. The van der Waals surface area contributed by atoms with Crippen LogP contribution in [0.4, 0.5) is 0 Å². The topological polar surface area (TPSA) is 72.9 Å². The molecule has 0 radical (unpaired) electrons. The Labute approximate surface area is 105 Å². The third-order valence-corrected chi connectivity index (χ3v) is 3.12. The summed E-state index contributed by atoms with van der Waals surface area (Å²) in [5, 5.41) is 13.6. The molecule has 0 aliphatic carbocycles. The maximum Gasteiger partial charge on any atom is 0.155 e. The van der Waals surface area contributed by atoms with Gasteiger partial charge in [-0.3, -0.25) is 14.0 Å². The van der Waals surface area contributed by atoms with Gasteiger partial charge in [-0.15, -0.1) is 0 Å². The lowest BCUT2D eigenvalue weighted by Gasteiger charge is -2.10. The molecule has 2 heterocycles. The average molecular weight is 248 g/mol. The zero-order chi connectivity index (χ0) is 13.4. The quantitative estimate of drug-likeness (QED) is 0.817. The molecule has 0 amide bonds. The van der Waals surface area contributed by atoms with Gasteiger partial charge in [0.15, 0.2) is 6.29 Å². The largest absolute Gasteiger partial charge is 0.388 e. The summed E-state index contributed by atoms with van der Waals surface area (Å²) in [6, 6.07) is 0. The molecule has 2 rings (SSSR count). The molecular weight excluding hydrogens is 232 g/mol. The fraction of sp³-hybridized carbons (Fsp3) is 0.417. The van der Waals surface area contributed by atoms with Gasteiger partial charge in [-0.2, -0.15) is 5.10 Å². The Bertz CT molecular complexity index is 610. The average Bonchev–Trinajstić information content (AvgIpc) is 2.76. The van der Waals surface area contributed by atoms with Gasteiger partial charge in [-0.1, -0.05) is 0 Å². The Morgan fingerprint density at radius 3 is 2.50 bits per heavy atom. The van der Waals surface area contributed by atoms with Crippen molar-refractivity contribution >= 4 is 6.29 Å². The van der Waals surface area contributed by atoms with Crippen LogP contribution in [-0.2, 0) is 13.7 Å². The number of carbonyl (C=O) groups excluding carboxylic acids is 1. The number of nitrogens with zero attached hydrogens (tertiary/aromatic N) is 4. The first kappa shape index (κ1) is 12.5. The van der Waals surface area contributed by atoms with Gasteiger partial charge in [0.25, 0.3) is 0 Å². The monoisotopic (exact) mass is 248 g/mol. The minimum atomic E-state index is -0.183. The molecule has 0 spiro atoms. The molecule has 0 bridgehead atoms. The van der Waals surface area contributed by atoms with Crippen molar-refractivity contribution in [1.29, 1.82) is 0 Å². The van der Waals surface area contributed by atoms with Crippen LogP contribution in [-0.4, -0.2) is 30.7 Å². The lowest BCUT2D eigenvalue weighted by Crippen LogP contribution is -2.10. The molecule has 18 heavy (non-hydrogen) atoms. The van der Waals surface area contributed by atoms with E-state index in [-0.39, 0.29) is 6.61 Å². The van der Waals surface area contributed by atoms with E-state index >= 15 is 0 Å². The summed E-state index contributed by atoms with van der Waals surface area (Å²) in [6.45, 7) is 5.37. The Morgan fingerprint density at radius 2 is 1.94 bits per heavy atom. The maximum absolute atomic E-state index is 11.2. The van der Waals surface area contributed by atoms with E-state index in [2.05, 4.69) is 10.1 Å². The number of aryl methyl sites for hydroxylation is 3. The van der Waals surface area contributed by atoms with Crippen molar-refractivity contribution in [2.75, 3.05) is 0 Å². The van der Waals surface area contributed by atoms with E-state index in [0.29, 0.717) is 22.9 Å². The number of aliphatic hydroxyl groups excluding tert-OH is 1. The summed E-state index contributed by atoms with van der Waals surface area (Å²) in [7, 11) is 1.77. The van der Waals surface area contributed by atoms with Gasteiger partial charge in [0.05, 0.1) is 17.0 Å². The summed E-state index contributed by atoms with van der Waals surface area (Å²) < 4.78 is 3.41. The van der Waals surface area contributed by atoms with Gasteiger partial charge < -0.3 is 5.11 Å². The van der Waals surface area contributed by atoms with Crippen LogP contribution in [0.1, 0.15) is 33.3 Å². The smallest absolute Gasteiger partial charge is 0.155 e. The minimum absolute atomic E-state index is 0.183. The first-order chi connectivity index (χ1) is 8.51. The van der Waals surface area contributed by atoms with Crippen molar-refractivity contribution in [2.24, 2.45) is 7.05 Å². The zero-order valence-corrected chi connectivity index (χ0v) is 10.9. The van der Waals surface area contributed by atoms with Gasteiger partial charge in [0.2, 0.25) is 0 Å². The normalized spacial score (nSPS) is 10.9. The fourth-order valence-electron chi connectivity index (χ4n) is 2.13. The molecule has 0 aliphatic heterocycles. The highest BCUT2D eigenvalue weighted by Crippen LogP contribution is 2.22. The molecule has 6 nitrogen and oxygen atoms in total. The number of hydrogen-bond acceptors (Lipinski definition) is 4. The third-order valence-electron chi connectivity index (χ3n) is 3.12. The molecule has 0 unspecified atom stereocenters. The van der Waals surface area contributed by atoms with Gasteiger partial charge in [-0.05, 0) is 20.8 Å². The minimum Gasteiger partial charge on any atom is -0.388 e. The SMILES string of the molecule is Cc1nn(C)c(-n2c(CO)nc(C)c2C)c1C=O. The standard InChI is InChI=1S/C12H16N4O2/c1-7-9(3)16(11(6-18)13-7)12-10(5-17)8(2)14-15(12)4/h5,18H,6H2,1-4H3. The lowest BCUT2D eigenvalue weighted by molar-refractivity contribution is 0.112. The summed E-state index contributed by atoms with van der Waals surface area (Å²) in [5.74, 6) is 1.15. The van der Waals surface area contributed by atoms with E-state index in [9.17, 15) is 9.90 Å². The van der Waals surface area contributed by atoms with Crippen LogP contribution in [0.25, 0.3) is 5.82 Å². The highest BCUT2D eigenvalue weighted by Gasteiger charge is 2.20. The maximum atomic E-state index is 11.2. The number of aldehydes is 1. The highest BCUT2D eigenvalue weighted by atomic mass is 16.3. The molecule has 0 fully saturated rings. The number of hydrogen-bond donors (Lipinski definition) is 1. The first-order valence-electron chi connectivity index (χ1n) is 5.66. The molecule has 2 aromatic rings. The van der Waals surface area contributed by atoms with Crippen molar-refractivity contribution in [3.05, 3.63) is 28.5 Å². The molecule has 2 aromatic heterocycles. The van der Waals surface area contributed by atoms with Crippen LogP contribution in [0, 0.1) is 20.8 Å². The molecule has 0 aromatic carbocycles. The van der Waals surface area contributed by atoms with Gasteiger partial charge in [0.1, 0.15) is 18.2 Å². The van der Waals surface area contributed by atoms with Gasteiger partial charge in [-0.25, -0.2) is 4.98 Å². The molecular formula is C12H16N4O2. The predicted molar refractivity (Wildman–Crippen MR) is 65.9 cm³/mol. The van der Waals surface area contributed by atoms with Crippen LogP contribution >= 0.6 is 0 Å². The van der Waals surface area contributed by atoms with Gasteiger partial charge >= 0.3 is 0 Å². The molecule has 0 saturated carbocycles. The van der Waals surface area contributed by atoms with E-state index in [1.54, 1.807) is 23.2 Å². The van der Waals surface area contributed by atoms with Crippen molar-refractivity contribution in [2.45, 2.75) is 27.4 Å². The fourth-order valence-corrected chi connectivity index (χ4v) is 2.13. The lowest BCUT2D eigenvalue weighted by atomic mass is 10.2. The van der Waals surface area contributed by atoms with E-state index in [1.807, 2.05) is 13.8 Å². The highest BCUT2D eigenvalue weighted by molar-refractivity contribution is 5.81.